The van der Waals surface area contributed by atoms with Gasteiger partial charge in [0.05, 0.1) is 18.1 Å². The summed E-state index contributed by atoms with van der Waals surface area (Å²) in [6.45, 7) is 2.32. The molecule has 8 heteroatoms. The minimum absolute atomic E-state index is 0.151. The number of hydrogen-bond donors (Lipinski definition) is 1. The number of fused-ring (bicyclic) bond motifs is 2. The number of alkyl halides is 3. The molecule has 0 amide bonds. The first-order chi connectivity index (χ1) is 13.1. The Kier molecular flexibility index (Phi) is 7.03. The third kappa shape index (κ3) is 5.89. The van der Waals surface area contributed by atoms with Gasteiger partial charge in [-0.05, 0) is 70.1 Å². The highest BCUT2D eigenvalue weighted by atomic mass is 32.2. The molecular weight excluding hydrogens is 391 g/mol. The van der Waals surface area contributed by atoms with Crippen LogP contribution in [0.5, 0.6) is 0 Å². The van der Waals surface area contributed by atoms with Gasteiger partial charge in [-0.3, -0.25) is 4.79 Å². The van der Waals surface area contributed by atoms with E-state index in [0.29, 0.717) is 31.3 Å². The Bertz CT molecular complexity index is 590. The van der Waals surface area contributed by atoms with Gasteiger partial charge in [-0.2, -0.15) is 13.2 Å². The van der Waals surface area contributed by atoms with E-state index in [2.05, 4.69) is 6.08 Å². The first-order valence-corrected chi connectivity index (χ1v) is 11.1. The lowest BCUT2D eigenvalue weighted by molar-refractivity contribution is -0.734. The number of esters is 1. The molecule has 28 heavy (non-hydrogen) atoms. The van der Waals surface area contributed by atoms with Gasteiger partial charge in [0.15, 0.2) is 11.9 Å². The largest absolute Gasteiger partial charge is 0.621 e. The molecule has 3 atom stereocenters. The fourth-order valence-electron chi connectivity index (χ4n) is 5.12. The smallest absolute Gasteiger partial charge is 0.496 e. The van der Waals surface area contributed by atoms with Crippen LogP contribution in [0.3, 0.4) is 0 Å². The Morgan fingerprint density at radius 1 is 1.32 bits per heavy atom. The SMILES string of the molecule is CC1(C(=O)OCCC2CCC([NH+]([O-])SC(F)(F)F)CC2)C=C2CCCC(C2)C1. The summed E-state index contributed by atoms with van der Waals surface area (Å²) < 4.78 is 41.8. The van der Waals surface area contributed by atoms with E-state index in [0.717, 1.165) is 38.5 Å². The van der Waals surface area contributed by atoms with Crippen molar-refractivity contribution in [3.63, 3.8) is 0 Å². The maximum absolute atomic E-state index is 12.6. The molecule has 2 fully saturated rings. The Balaban J connectivity index is 1.39. The standard InChI is InChI=1S/C20H30F3NO3S/c1-19(12-15-3-2-4-16(11-15)13-19)18(25)27-10-9-14-5-7-17(8-6-14)24(26)28-20(21,22)23/h12,14,16-17,24H,2-11,13H2,1H3. The minimum Gasteiger partial charge on any atom is -0.621 e. The van der Waals surface area contributed by atoms with Crippen molar-refractivity contribution in [2.45, 2.75) is 82.7 Å². The summed E-state index contributed by atoms with van der Waals surface area (Å²) in [6.07, 6.45) is 10.7. The molecule has 0 aliphatic heterocycles. The van der Waals surface area contributed by atoms with E-state index in [9.17, 15) is 23.2 Å². The summed E-state index contributed by atoms with van der Waals surface area (Å²) in [4.78, 5) is 12.6. The molecular formula is C20H30F3NO3S. The lowest BCUT2D eigenvalue weighted by Gasteiger charge is -2.38. The number of rotatable bonds is 6. The zero-order valence-electron chi connectivity index (χ0n) is 16.4. The Morgan fingerprint density at radius 3 is 2.68 bits per heavy atom. The number of ether oxygens (including phenoxy) is 1. The van der Waals surface area contributed by atoms with Gasteiger partial charge in [0.1, 0.15) is 0 Å². The minimum atomic E-state index is -4.49. The van der Waals surface area contributed by atoms with Gasteiger partial charge in [0.2, 0.25) is 0 Å². The molecule has 3 unspecified atom stereocenters. The van der Waals surface area contributed by atoms with Crippen LogP contribution < -0.4 is 4.47 Å². The Hall–Kier alpha value is -0.730. The topological polar surface area (TPSA) is 53.8 Å². The second kappa shape index (κ2) is 8.96. The zero-order valence-corrected chi connectivity index (χ0v) is 17.2. The van der Waals surface area contributed by atoms with Gasteiger partial charge in [0.25, 0.3) is 0 Å². The molecule has 0 spiro atoms. The average Bonchev–Trinajstić information content (AvgIpc) is 2.60. The molecule has 3 rings (SSSR count). The molecule has 1 N–H and O–H groups in total. The predicted molar refractivity (Wildman–Crippen MR) is 102 cm³/mol. The number of hydrogen-bond acceptors (Lipinski definition) is 4. The lowest BCUT2D eigenvalue weighted by Crippen LogP contribution is -3.05. The van der Waals surface area contributed by atoms with Crippen LogP contribution in [-0.4, -0.2) is 24.1 Å². The fourth-order valence-corrected chi connectivity index (χ4v) is 5.75. The fraction of sp³-hybridized carbons (Fsp3) is 0.850. The normalized spacial score (nSPS) is 34.5. The van der Waals surface area contributed by atoms with Crippen molar-refractivity contribution >= 4 is 17.9 Å². The second-order valence-electron chi connectivity index (χ2n) is 8.90. The maximum Gasteiger partial charge on any atom is 0.496 e. The van der Waals surface area contributed by atoms with E-state index in [-0.39, 0.29) is 5.97 Å². The van der Waals surface area contributed by atoms with Gasteiger partial charge in [-0.1, -0.05) is 11.6 Å². The third-order valence-corrected chi connectivity index (χ3v) is 7.28. The van der Waals surface area contributed by atoms with E-state index in [1.807, 2.05) is 6.92 Å². The molecule has 0 saturated heterocycles. The number of nitrogens with one attached hydrogen (secondary N) is 1. The van der Waals surface area contributed by atoms with Crippen LogP contribution in [0, 0.1) is 22.5 Å². The molecule has 0 radical (unpaired) electrons. The van der Waals surface area contributed by atoms with Crippen LogP contribution in [0.2, 0.25) is 0 Å². The monoisotopic (exact) mass is 421 g/mol. The number of quaternary nitrogens is 1. The van der Waals surface area contributed by atoms with Crippen molar-refractivity contribution in [2.24, 2.45) is 17.3 Å². The molecule has 160 valence electrons. The van der Waals surface area contributed by atoms with Crippen molar-refractivity contribution in [1.29, 1.82) is 0 Å². The second-order valence-corrected chi connectivity index (χ2v) is 9.97. The summed E-state index contributed by atoms with van der Waals surface area (Å²) in [5.41, 5.74) is -3.62. The van der Waals surface area contributed by atoms with Gasteiger partial charge in [-0.15, -0.1) is 0 Å². The predicted octanol–water partition coefficient (Wildman–Crippen LogP) is 4.56. The van der Waals surface area contributed by atoms with E-state index in [1.54, 1.807) is 0 Å². The quantitative estimate of drug-likeness (QED) is 0.296. The lowest BCUT2D eigenvalue weighted by atomic mass is 9.67. The highest BCUT2D eigenvalue weighted by molar-refractivity contribution is 7.93. The third-order valence-electron chi connectivity index (χ3n) is 6.52. The van der Waals surface area contributed by atoms with Crippen LogP contribution in [0.15, 0.2) is 11.6 Å². The molecule has 0 heterocycles. The van der Waals surface area contributed by atoms with Crippen molar-refractivity contribution in [3.8, 4) is 0 Å². The highest BCUT2D eigenvalue weighted by Gasteiger charge is 2.41. The van der Waals surface area contributed by atoms with Crippen molar-refractivity contribution in [1.82, 2.24) is 0 Å². The Morgan fingerprint density at radius 2 is 2.04 bits per heavy atom. The molecule has 0 aromatic rings. The van der Waals surface area contributed by atoms with Crippen LogP contribution >= 0.6 is 11.9 Å². The van der Waals surface area contributed by atoms with E-state index in [1.165, 1.54) is 18.4 Å². The van der Waals surface area contributed by atoms with Gasteiger partial charge in [0, 0.05) is 12.8 Å². The van der Waals surface area contributed by atoms with Crippen LogP contribution in [0.25, 0.3) is 0 Å². The molecule has 0 aromatic heterocycles. The highest BCUT2D eigenvalue weighted by Crippen LogP contribution is 2.45. The molecule has 3 aliphatic rings. The molecule has 3 aliphatic carbocycles. The van der Waals surface area contributed by atoms with E-state index < -0.39 is 33.4 Å². The number of halogens is 3. The summed E-state index contributed by atoms with van der Waals surface area (Å²) in [6, 6.07) is -0.502. The van der Waals surface area contributed by atoms with Gasteiger partial charge in [-0.25, -0.2) is 0 Å². The number of hydroxylamine groups is 1. The first kappa shape index (κ1) is 22.0. The average molecular weight is 422 g/mol. The summed E-state index contributed by atoms with van der Waals surface area (Å²) >= 11 is -0.505. The molecule has 2 saturated carbocycles. The summed E-state index contributed by atoms with van der Waals surface area (Å²) in [5, 5.41) is 11.7. The molecule has 4 nitrogen and oxygen atoms in total. The Labute approximate surface area is 169 Å². The summed E-state index contributed by atoms with van der Waals surface area (Å²) in [7, 11) is 0. The van der Waals surface area contributed by atoms with Gasteiger partial charge < -0.3 is 14.4 Å². The van der Waals surface area contributed by atoms with Crippen LogP contribution in [0.4, 0.5) is 13.2 Å². The number of carbonyl (C=O) groups is 1. The van der Waals surface area contributed by atoms with E-state index in [4.69, 9.17) is 4.74 Å². The molecule has 0 aromatic carbocycles. The summed E-state index contributed by atoms with van der Waals surface area (Å²) in [5.74, 6) is 0.750. The number of allylic oxidation sites excluding steroid dienone is 1. The van der Waals surface area contributed by atoms with E-state index >= 15 is 0 Å². The first-order valence-electron chi connectivity index (χ1n) is 10.3. The van der Waals surface area contributed by atoms with Crippen molar-refractivity contribution < 1.29 is 27.2 Å². The van der Waals surface area contributed by atoms with Gasteiger partial charge >= 0.3 is 11.5 Å². The molecule has 2 bridgehead atoms. The number of carbonyl (C=O) groups excluding carboxylic acids is 1. The van der Waals surface area contributed by atoms with Crippen molar-refractivity contribution in [2.75, 3.05) is 6.61 Å². The van der Waals surface area contributed by atoms with Crippen LogP contribution in [0.1, 0.15) is 71.1 Å². The maximum atomic E-state index is 12.6. The zero-order chi connectivity index (χ0) is 20.4. The van der Waals surface area contributed by atoms with Crippen molar-refractivity contribution in [3.05, 3.63) is 16.9 Å². The van der Waals surface area contributed by atoms with Crippen LogP contribution in [-0.2, 0) is 9.53 Å².